The van der Waals surface area contributed by atoms with Crippen LogP contribution in [0.3, 0.4) is 0 Å². The summed E-state index contributed by atoms with van der Waals surface area (Å²) in [5.41, 5.74) is 1.13. The molecule has 0 saturated carbocycles. The zero-order chi connectivity index (χ0) is 19.4. The van der Waals surface area contributed by atoms with Gasteiger partial charge in [-0.25, -0.2) is 9.79 Å². The summed E-state index contributed by atoms with van der Waals surface area (Å²) >= 11 is 0. The first-order valence-corrected chi connectivity index (χ1v) is 7.62. The van der Waals surface area contributed by atoms with Crippen molar-refractivity contribution in [3.63, 3.8) is 0 Å². The van der Waals surface area contributed by atoms with Gasteiger partial charge < -0.3 is 4.74 Å². The molecule has 1 aliphatic heterocycles. The summed E-state index contributed by atoms with van der Waals surface area (Å²) < 4.78 is 5.07. The highest BCUT2D eigenvalue weighted by atomic mass is 16.6. The highest BCUT2D eigenvalue weighted by Gasteiger charge is 2.23. The molecule has 1 heterocycles. The van der Waals surface area contributed by atoms with Crippen LogP contribution in [-0.4, -0.2) is 21.7 Å². The second-order valence-corrected chi connectivity index (χ2v) is 5.37. The number of carbonyl (C=O) groups is 1. The van der Waals surface area contributed by atoms with E-state index in [2.05, 4.69) is 4.99 Å². The second kappa shape index (κ2) is 7.40. The molecule has 0 aliphatic carbocycles. The zero-order valence-electron chi connectivity index (χ0n) is 13.6. The summed E-state index contributed by atoms with van der Waals surface area (Å²) in [6.07, 6.45) is 4.67. The van der Waals surface area contributed by atoms with Crippen LogP contribution in [0.25, 0.3) is 6.08 Å². The van der Waals surface area contributed by atoms with Gasteiger partial charge in [0.1, 0.15) is 0 Å². The maximum atomic E-state index is 11.9. The van der Waals surface area contributed by atoms with Gasteiger partial charge in [-0.15, -0.1) is 0 Å². The number of benzene rings is 2. The first kappa shape index (κ1) is 17.7. The molecule has 0 saturated heterocycles. The summed E-state index contributed by atoms with van der Waals surface area (Å²) in [7, 11) is 0. The number of nitro benzene ring substituents is 2. The lowest BCUT2D eigenvalue weighted by Gasteiger charge is -1.98. The molecule has 9 heteroatoms. The van der Waals surface area contributed by atoms with Crippen LogP contribution in [0.1, 0.15) is 11.1 Å². The first-order chi connectivity index (χ1) is 12.9. The topological polar surface area (TPSA) is 125 Å². The third-order valence-electron chi connectivity index (χ3n) is 3.59. The Labute approximate surface area is 152 Å². The number of esters is 1. The Morgan fingerprint density at radius 1 is 0.889 bits per heavy atom. The molecular formula is C18H11N3O6. The lowest BCUT2D eigenvalue weighted by atomic mass is 10.2. The van der Waals surface area contributed by atoms with E-state index in [0.717, 1.165) is 0 Å². The van der Waals surface area contributed by atoms with Gasteiger partial charge in [0, 0.05) is 29.8 Å². The van der Waals surface area contributed by atoms with Crippen LogP contribution in [0, 0.1) is 20.2 Å². The molecule has 0 atom stereocenters. The standard InChI is InChI=1S/C18H11N3O6/c22-18-16(3-1-2-12-4-8-14(9-5-12)20(23)24)19-17(27-18)13-6-10-15(11-7-13)21(25)26/h1-11H/b2-1+,16-3-. The number of hydrogen-bond donors (Lipinski definition) is 0. The highest BCUT2D eigenvalue weighted by Crippen LogP contribution is 2.19. The monoisotopic (exact) mass is 365 g/mol. The van der Waals surface area contributed by atoms with Crippen LogP contribution < -0.4 is 0 Å². The Morgan fingerprint density at radius 3 is 2.00 bits per heavy atom. The fourth-order valence-corrected chi connectivity index (χ4v) is 2.23. The van der Waals surface area contributed by atoms with Gasteiger partial charge in [-0.2, -0.15) is 0 Å². The molecule has 1 aliphatic rings. The van der Waals surface area contributed by atoms with E-state index in [1.807, 2.05) is 0 Å². The molecule has 2 aromatic carbocycles. The lowest BCUT2D eigenvalue weighted by Crippen LogP contribution is -2.05. The Balaban J connectivity index is 1.75. The van der Waals surface area contributed by atoms with Gasteiger partial charge in [0.15, 0.2) is 5.70 Å². The van der Waals surface area contributed by atoms with E-state index in [9.17, 15) is 25.0 Å². The predicted molar refractivity (Wildman–Crippen MR) is 95.9 cm³/mol. The smallest absolute Gasteiger partial charge is 0.363 e. The van der Waals surface area contributed by atoms with E-state index < -0.39 is 15.8 Å². The maximum absolute atomic E-state index is 11.9. The van der Waals surface area contributed by atoms with Crippen molar-refractivity contribution in [2.75, 3.05) is 0 Å². The molecule has 134 valence electrons. The van der Waals surface area contributed by atoms with Crippen LogP contribution in [-0.2, 0) is 9.53 Å². The molecule has 0 spiro atoms. The summed E-state index contributed by atoms with van der Waals surface area (Å²) in [6, 6.07) is 11.4. The number of carbonyl (C=O) groups excluding carboxylic acids is 1. The zero-order valence-corrected chi connectivity index (χ0v) is 13.6. The SMILES string of the molecule is O=C1OC(c2ccc([N+](=O)[O-])cc2)=N/C1=C\C=C\c1ccc([N+](=O)[O-])cc1. The third-order valence-corrected chi connectivity index (χ3v) is 3.59. The lowest BCUT2D eigenvalue weighted by molar-refractivity contribution is -0.385. The van der Waals surface area contributed by atoms with Gasteiger partial charge in [0.2, 0.25) is 5.90 Å². The average molecular weight is 365 g/mol. The normalized spacial score (nSPS) is 15.0. The number of hydrogen-bond acceptors (Lipinski definition) is 7. The molecule has 0 bridgehead atoms. The summed E-state index contributed by atoms with van der Waals surface area (Å²) in [5.74, 6) is -0.582. The number of cyclic esters (lactones) is 1. The van der Waals surface area contributed by atoms with E-state index in [4.69, 9.17) is 4.74 Å². The molecule has 0 fully saturated rings. The van der Waals surface area contributed by atoms with Gasteiger partial charge in [0.25, 0.3) is 11.4 Å². The van der Waals surface area contributed by atoms with E-state index in [1.54, 1.807) is 24.3 Å². The number of ether oxygens (including phenoxy) is 1. The van der Waals surface area contributed by atoms with Crippen LogP contribution >= 0.6 is 0 Å². The average Bonchev–Trinajstić information content (AvgIpc) is 3.03. The third kappa shape index (κ3) is 4.10. The van der Waals surface area contributed by atoms with Crippen LogP contribution in [0.4, 0.5) is 11.4 Å². The molecule has 0 radical (unpaired) electrons. The van der Waals surface area contributed by atoms with Crippen molar-refractivity contribution in [2.45, 2.75) is 0 Å². The molecule has 2 aromatic rings. The summed E-state index contributed by atoms with van der Waals surface area (Å²) in [5, 5.41) is 21.3. The second-order valence-electron chi connectivity index (χ2n) is 5.37. The molecule has 0 amide bonds. The highest BCUT2D eigenvalue weighted by molar-refractivity contribution is 6.11. The molecule has 0 unspecified atom stereocenters. The Morgan fingerprint density at radius 2 is 1.44 bits per heavy atom. The summed E-state index contributed by atoms with van der Waals surface area (Å²) in [4.78, 5) is 36.2. The molecule has 0 aromatic heterocycles. The van der Waals surface area contributed by atoms with Gasteiger partial charge in [0.05, 0.1) is 9.85 Å². The first-order valence-electron chi connectivity index (χ1n) is 7.62. The number of nitro groups is 2. The fraction of sp³-hybridized carbons (Fsp3) is 0. The van der Waals surface area contributed by atoms with Crippen molar-refractivity contribution in [2.24, 2.45) is 4.99 Å². The van der Waals surface area contributed by atoms with Crippen molar-refractivity contribution in [1.82, 2.24) is 0 Å². The van der Waals surface area contributed by atoms with Crippen LogP contribution in [0.5, 0.6) is 0 Å². The summed E-state index contributed by atoms with van der Waals surface area (Å²) in [6.45, 7) is 0. The minimum atomic E-state index is -0.642. The number of allylic oxidation sites excluding steroid dienone is 2. The number of non-ortho nitro benzene ring substituents is 2. The molecule has 27 heavy (non-hydrogen) atoms. The van der Waals surface area contributed by atoms with Crippen molar-refractivity contribution < 1.29 is 19.4 Å². The maximum Gasteiger partial charge on any atom is 0.363 e. The van der Waals surface area contributed by atoms with Crippen LogP contribution in [0.2, 0.25) is 0 Å². The van der Waals surface area contributed by atoms with Gasteiger partial charge in [-0.05, 0) is 35.9 Å². The molecule has 0 N–H and O–H groups in total. The predicted octanol–water partition coefficient (Wildman–Crippen LogP) is 3.40. The van der Waals surface area contributed by atoms with Crippen molar-refractivity contribution in [1.29, 1.82) is 0 Å². The fourth-order valence-electron chi connectivity index (χ4n) is 2.23. The molecular weight excluding hydrogens is 354 g/mol. The number of aliphatic imine (C=N–C) groups is 1. The minimum absolute atomic E-state index is 0.0118. The van der Waals surface area contributed by atoms with Gasteiger partial charge in [-0.3, -0.25) is 20.2 Å². The Kier molecular flexibility index (Phi) is 4.84. The number of nitrogens with zero attached hydrogens (tertiary/aromatic N) is 3. The largest absolute Gasteiger partial charge is 0.402 e. The Hall–Kier alpha value is -4.14. The quantitative estimate of drug-likeness (QED) is 0.346. The van der Waals surface area contributed by atoms with E-state index in [-0.39, 0.29) is 23.0 Å². The van der Waals surface area contributed by atoms with Crippen molar-refractivity contribution in [3.05, 3.63) is 97.7 Å². The van der Waals surface area contributed by atoms with Gasteiger partial charge in [-0.1, -0.05) is 12.2 Å². The minimum Gasteiger partial charge on any atom is -0.402 e. The Bertz CT molecular complexity index is 1000. The van der Waals surface area contributed by atoms with E-state index >= 15 is 0 Å². The molecule has 3 rings (SSSR count). The van der Waals surface area contributed by atoms with Gasteiger partial charge >= 0.3 is 5.97 Å². The van der Waals surface area contributed by atoms with Crippen LogP contribution in [0.15, 0.2) is 71.4 Å². The van der Waals surface area contributed by atoms with E-state index in [1.165, 1.54) is 42.5 Å². The van der Waals surface area contributed by atoms with Crippen molar-refractivity contribution >= 4 is 29.3 Å². The van der Waals surface area contributed by atoms with Crippen molar-refractivity contribution in [3.8, 4) is 0 Å². The number of rotatable bonds is 5. The molecule has 9 nitrogen and oxygen atoms in total. The van der Waals surface area contributed by atoms with E-state index in [0.29, 0.717) is 11.1 Å².